The molecule has 3 saturated heterocycles. The molecule has 4 rings (SSSR count). The van der Waals surface area contributed by atoms with Crippen LogP contribution >= 0.6 is 0 Å². The van der Waals surface area contributed by atoms with Crippen LogP contribution in [0.4, 0.5) is 44.3 Å². The largest absolute Gasteiger partial charge is 0.490 e. The lowest BCUT2D eigenvalue weighted by Crippen LogP contribution is -2.54. The highest BCUT2D eigenvalue weighted by atomic mass is 32.2. The molecule has 0 atom stereocenters. The fourth-order valence-corrected chi connectivity index (χ4v) is 7.24. The van der Waals surface area contributed by atoms with Crippen LogP contribution in [0.5, 0.6) is 5.75 Å². The number of likely N-dealkylation sites (tertiary alicyclic amines) is 2. The summed E-state index contributed by atoms with van der Waals surface area (Å²) in [5, 5.41) is 0. The highest BCUT2D eigenvalue weighted by molar-refractivity contribution is 7.91. The number of hydrogen-bond acceptors (Lipinski definition) is 6. The summed E-state index contributed by atoms with van der Waals surface area (Å²) in [6, 6.07) is 3.28. The molecular weight excluding hydrogens is 611 g/mol. The third kappa shape index (κ3) is 7.74. The molecular formula is C25H29F9N2O5S. The van der Waals surface area contributed by atoms with Crippen LogP contribution in [0.25, 0.3) is 0 Å². The van der Waals surface area contributed by atoms with Crippen LogP contribution in [0.1, 0.15) is 49.7 Å². The van der Waals surface area contributed by atoms with Crippen LogP contribution in [-0.4, -0.2) is 85.6 Å². The highest BCUT2D eigenvalue weighted by Gasteiger charge is 2.60. The van der Waals surface area contributed by atoms with E-state index in [4.69, 9.17) is 4.74 Å². The molecule has 42 heavy (non-hydrogen) atoms. The molecule has 1 spiro atoms. The number of hydrogen-bond donors (Lipinski definition) is 0. The Labute approximate surface area is 235 Å². The van der Waals surface area contributed by atoms with Crippen molar-refractivity contribution in [3.8, 4) is 5.75 Å². The Kier molecular flexibility index (Phi) is 8.96. The van der Waals surface area contributed by atoms with Crippen molar-refractivity contribution in [1.82, 2.24) is 9.80 Å². The monoisotopic (exact) mass is 640 g/mol. The summed E-state index contributed by atoms with van der Waals surface area (Å²) in [4.78, 5) is 14.9. The van der Waals surface area contributed by atoms with E-state index in [0.29, 0.717) is 19.4 Å². The second kappa shape index (κ2) is 11.6. The molecule has 3 aliphatic heterocycles. The number of sulfone groups is 1. The van der Waals surface area contributed by atoms with Gasteiger partial charge in [0.05, 0.1) is 17.1 Å². The van der Waals surface area contributed by atoms with E-state index in [1.54, 1.807) is 0 Å². The third-order valence-electron chi connectivity index (χ3n) is 7.98. The molecule has 1 aromatic carbocycles. The molecule has 0 radical (unpaired) electrons. The first-order valence-electron chi connectivity index (χ1n) is 13.2. The number of carbonyl (C=O) groups is 1. The van der Waals surface area contributed by atoms with Gasteiger partial charge in [0.2, 0.25) is 0 Å². The van der Waals surface area contributed by atoms with Gasteiger partial charge in [-0.3, -0.25) is 4.90 Å². The predicted molar refractivity (Wildman–Crippen MR) is 129 cm³/mol. The topological polar surface area (TPSA) is 76.2 Å². The van der Waals surface area contributed by atoms with Gasteiger partial charge in [-0.05, 0) is 68.8 Å². The quantitative estimate of drug-likeness (QED) is 0.384. The summed E-state index contributed by atoms with van der Waals surface area (Å²) in [5.41, 5.74) is -1.31. The lowest BCUT2D eigenvalue weighted by atomic mass is 9.85. The summed E-state index contributed by atoms with van der Waals surface area (Å²) >= 11 is 0. The van der Waals surface area contributed by atoms with Gasteiger partial charge in [0, 0.05) is 25.2 Å². The van der Waals surface area contributed by atoms with Crippen molar-refractivity contribution in [2.24, 2.45) is 0 Å². The Morgan fingerprint density at radius 1 is 0.905 bits per heavy atom. The predicted octanol–water partition coefficient (Wildman–Crippen LogP) is 5.72. The van der Waals surface area contributed by atoms with Crippen LogP contribution < -0.4 is 4.74 Å². The van der Waals surface area contributed by atoms with E-state index in [2.05, 4.69) is 4.74 Å². The molecule has 3 aliphatic rings. The number of rotatable bonds is 5. The summed E-state index contributed by atoms with van der Waals surface area (Å²) in [6.45, 7) is 0.133. The first kappa shape index (κ1) is 32.5. The normalized spacial score (nSPS) is 22.1. The summed E-state index contributed by atoms with van der Waals surface area (Å²) < 4.78 is 151. The zero-order valence-corrected chi connectivity index (χ0v) is 22.9. The molecule has 17 heteroatoms. The van der Waals surface area contributed by atoms with E-state index >= 15 is 0 Å². The maximum absolute atomic E-state index is 13.7. The molecule has 1 aromatic rings. The number of piperidine rings is 1. The molecule has 3 heterocycles. The van der Waals surface area contributed by atoms with Gasteiger partial charge in [-0.15, -0.1) is 0 Å². The summed E-state index contributed by atoms with van der Waals surface area (Å²) in [7, 11) is -3.21. The molecule has 238 valence electrons. The van der Waals surface area contributed by atoms with Crippen molar-refractivity contribution in [2.45, 2.75) is 81.3 Å². The van der Waals surface area contributed by atoms with Crippen molar-refractivity contribution in [1.29, 1.82) is 0 Å². The van der Waals surface area contributed by atoms with Crippen LogP contribution in [0.2, 0.25) is 0 Å². The zero-order valence-electron chi connectivity index (χ0n) is 22.1. The molecule has 0 unspecified atom stereocenters. The third-order valence-corrected chi connectivity index (χ3v) is 9.69. The van der Waals surface area contributed by atoms with E-state index in [1.165, 1.54) is 6.07 Å². The number of nitrogens with zero attached hydrogens (tertiary/aromatic N) is 2. The first-order valence-corrected chi connectivity index (χ1v) is 15.0. The van der Waals surface area contributed by atoms with Gasteiger partial charge in [0.25, 0.3) is 6.10 Å². The van der Waals surface area contributed by atoms with E-state index in [1.807, 2.05) is 4.90 Å². The lowest BCUT2D eigenvalue weighted by Gasteiger charge is -2.45. The van der Waals surface area contributed by atoms with E-state index in [0.717, 1.165) is 17.0 Å². The van der Waals surface area contributed by atoms with Gasteiger partial charge >= 0.3 is 24.6 Å². The van der Waals surface area contributed by atoms with Crippen LogP contribution in [0, 0.1) is 0 Å². The minimum atomic E-state index is -5.84. The summed E-state index contributed by atoms with van der Waals surface area (Å²) in [6.07, 6.45) is -21.1. The molecule has 0 aliphatic carbocycles. The number of halogens is 9. The molecule has 7 nitrogen and oxygen atoms in total. The molecule has 0 aromatic heterocycles. The molecule has 0 saturated carbocycles. The fraction of sp³-hybridized carbons (Fsp3) is 0.720. The number of ether oxygens (including phenoxy) is 2. The van der Waals surface area contributed by atoms with Crippen molar-refractivity contribution in [3.05, 3.63) is 29.3 Å². The number of alkyl halides is 9. The fourth-order valence-electron chi connectivity index (χ4n) is 5.79. The van der Waals surface area contributed by atoms with Crippen molar-refractivity contribution in [3.63, 3.8) is 0 Å². The van der Waals surface area contributed by atoms with Crippen LogP contribution in [0.15, 0.2) is 18.2 Å². The standard InChI is InChI=1S/C25H29F9N2O5S/c26-23(27,28)17-12-16(13-19(14-17)40-18-2-10-42(38,39)11-3-18)15-36-7-1-4-22(36)5-8-35(9-6-22)21(37)41-20(24(29,30)31)25(32,33)34/h12-14,18,20H,1-11,15H2. The molecule has 1 amide bonds. The van der Waals surface area contributed by atoms with Gasteiger partial charge in [0.15, 0.2) is 9.84 Å². The average Bonchev–Trinajstić information content (AvgIpc) is 3.23. The van der Waals surface area contributed by atoms with Crippen molar-refractivity contribution < 1.29 is 62.2 Å². The van der Waals surface area contributed by atoms with Gasteiger partial charge in [-0.2, -0.15) is 39.5 Å². The molecule has 0 bridgehead atoms. The molecule has 3 fully saturated rings. The van der Waals surface area contributed by atoms with Crippen LogP contribution in [-0.2, 0) is 27.3 Å². The Morgan fingerprint density at radius 3 is 2.05 bits per heavy atom. The molecule has 0 N–H and O–H groups in total. The van der Waals surface area contributed by atoms with E-state index < -0.39 is 57.8 Å². The zero-order chi connectivity index (χ0) is 31.1. The first-order chi connectivity index (χ1) is 19.3. The lowest BCUT2D eigenvalue weighted by molar-refractivity contribution is -0.308. The van der Waals surface area contributed by atoms with Crippen LogP contribution in [0.3, 0.4) is 0 Å². The Bertz CT molecular complexity index is 1210. The SMILES string of the molecule is O=C(OC(C(F)(F)F)C(F)(F)F)N1CCC2(CCCN2Cc2cc(OC3CCS(=O)(=O)CC3)cc(C(F)(F)F)c2)CC1. The average molecular weight is 641 g/mol. The second-order valence-electron chi connectivity index (χ2n) is 10.9. The van der Waals surface area contributed by atoms with E-state index in [9.17, 15) is 52.7 Å². The maximum Gasteiger partial charge on any atom is 0.434 e. The van der Waals surface area contributed by atoms with E-state index in [-0.39, 0.29) is 68.1 Å². The van der Waals surface area contributed by atoms with Gasteiger partial charge in [-0.1, -0.05) is 0 Å². The maximum atomic E-state index is 13.7. The van der Waals surface area contributed by atoms with Gasteiger partial charge < -0.3 is 14.4 Å². The number of benzene rings is 1. The number of carbonyl (C=O) groups excluding carboxylic acids is 1. The van der Waals surface area contributed by atoms with Crippen molar-refractivity contribution in [2.75, 3.05) is 31.1 Å². The number of amides is 1. The minimum absolute atomic E-state index is 0.0496. The van der Waals surface area contributed by atoms with Crippen molar-refractivity contribution >= 4 is 15.9 Å². The highest BCUT2D eigenvalue weighted by Crippen LogP contribution is 2.42. The van der Waals surface area contributed by atoms with Gasteiger partial charge in [0.1, 0.15) is 11.9 Å². The Hall–Kier alpha value is -2.43. The van der Waals surface area contributed by atoms with Gasteiger partial charge in [-0.25, -0.2) is 13.2 Å². The second-order valence-corrected chi connectivity index (χ2v) is 13.2. The Morgan fingerprint density at radius 2 is 1.50 bits per heavy atom. The Balaban J connectivity index is 1.45. The minimum Gasteiger partial charge on any atom is -0.490 e. The smallest absolute Gasteiger partial charge is 0.434 e. The summed E-state index contributed by atoms with van der Waals surface area (Å²) in [5.74, 6) is -0.312.